The van der Waals surface area contributed by atoms with E-state index in [0.29, 0.717) is 22.8 Å². The molecule has 6 heteroatoms. The number of ketones is 1. The Morgan fingerprint density at radius 1 is 1.10 bits per heavy atom. The molecule has 0 unspecified atom stereocenters. The number of aryl methyl sites for hydroxylation is 2. The number of carbonyl (C=O) groups is 2. The fraction of sp³-hybridized carbons (Fsp3) is 0.174. The summed E-state index contributed by atoms with van der Waals surface area (Å²) in [4.78, 5) is 30.1. The lowest BCUT2D eigenvalue weighted by atomic mass is 9.98. The fourth-order valence-electron chi connectivity index (χ4n) is 2.66. The highest BCUT2D eigenvalue weighted by atomic mass is 32.1. The second-order valence-electron chi connectivity index (χ2n) is 6.63. The van der Waals surface area contributed by atoms with Gasteiger partial charge in [-0.3, -0.25) is 4.79 Å². The third-order valence-electron chi connectivity index (χ3n) is 4.29. The summed E-state index contributed by atoms with van der Waals surface area (Å²) in [6.45, 7) is 8.09. The molecule has 0 radical (unpaired) electrons. The molecule has 0 amide bonds. The Kier molecular flexibility index (Phi) is 6.57. The summed E-state index contributed by atoms with van der Waals surface area (Å²) in [6, 6.07) is 14.6. The van der Waals surface area contributed by atoms with Crippen molar-refractivity contribution in [2.75, 3.05) is 11.9 Å². The van der Waals surface area contributed by atoms with Crippen LogP contribution in [0, 0.1) is 13.8 Å². The second-order valence-corrected chi connectivity index (χ2v) is 7.49. The monoisotopic (exact) mass is 406 g/mol. The molecule has 0 aliphatic heterocycles. The van der Waals surface area contributed by atoms with Crippen molar-refractivity contribution in [2.45, 2.75) is 20.0 Å². The molecule has 3 rings (SSSR count). The number of Topliss-reactive ketones (excluding diaryl/α,β-unsaturated/α-hetero) is 1. The van der Waals surface area contributed by atoms with Gasteiger partial charge in [0.05, 0.1) is 0 Å². The van der Waals surface area contributed by atoms with Crippen LogP contribution in [0.15, 0.2) is 66.6 Å². The first-order chi connectivity index (χ1) is 14.0. The van der Waals surface area contributed by atoms with E-state index < -0.39 is 12.1 Å². The van der Waals surface area contributed by atoms with Gasteiger partial charge >= 0.3 is 5.97 Å². The maximum atomic E-state index is 13.1. The van der Waals surface area contributed by atoms with Gasteiger partial charge in [0, 0.05) is 23.1 Å². The van der Waals surface area contributed by atoms with Crippen molar-refractivity contribution in [3.8, 4) is 0 Å². The minimum absolute atomic E-state index is 0.162. The molecule has 1 atom stereocenters. The number of benzene rings is 2. The molecule has 148 valence electrons. The van der Waals surface area contributed by atoms with E-state index in [2.05, 4.69) is 16.9 Å². The van der Waals surface area contributed by atoms with Gasteiger partial charge in [0.15, 0.2) is 16.9 Å². The van der Waals surface area contributed by atoms with Crippen molar-refractivity contribution in [2.24, 2.45) is 0 Å². The quantitative estimate of drug-likeness (QED) is 0.319. The molecule has 1 heterocycles. The second kappa shape index (κ2) is 9.30. The average molecular weight is 407 g/mol. The van der Waals surface area contributed by atoms with Gasteiger partial charge in [-0.2, -0.15) is 0 Å². The molecule has 0 aliphatic rings. The van der Waals surface area contributed by atoms with E-state index in [-0.39, 0.29) is 11.5 Å². The molecule has 1 N–H and O–H groups in total. The maximum absolute atomic E-state index is 13.1. The molecule has 3 aromatic rings. The van der Waals surface area contributed by atoms with Crippen LogP contribution in [-0.2, 0) is 4.74 Å². The summed E-state index contributed by atoms with van der Waals surface area (Å²) in [5.74, 6) is -0.915. The number of carbonyl (C=O) groups excluding carboxylic acids is 2. The van der Waals surface area contributed by atoms with Crippen LogP contribution < -0.4 is 5.32 Å². The number of nitrogens with zero attached hydrogens (tertiary/aromatic N) is 1. The van der Waals surface area contributed by atoms with Gasteiger partial charge in [-0.1, -0.05) is 65.7 Å². The van der Waals surface area contributed by atoms with Crippen LogP contribution >= 0.6 is 11.3 Å². The van der Waals surface area contributed by atoms with E-state index in [4.69, 9.17) is 4.74 Å². The van der Waals surface area contributed by atoms with Gasteiger partial charge in [-0.25, -0.2) is 9.78 Å². The van der Waals surface area contributed by atoms with Crippen LogP contribution in [0.2, 0.25) is 0 Å². The van der Waals surface area contributed by atoms with Crippen LogP contribution in [0.3, 0.4) is 0 Å². The third kappa shape index (κ3) is 5.18. The molecule has 0 aliphatic carbocycles. The number of aromatic nitrogens is 1. The van der Waals surface area contributed by atoms with Gasteiger partial charge in [0.2, 0.25) is 5.78 Å². The van der Waals surface area contributed by atoms with Crippen molar-refractivity contribution < 1.29 is 14.3 Å². The molecule has 5 nitrogen and oxygen atoms in total. The Hall–Kier alpha value is -3.25. The lowest BCUT2D eigenvalue weighted by Gasteiger charge is -2.17. The lowest BCUT2D eigenvalue weighted by molar-refractivity contribution is 0.0275. The van der Waals surface area contributed by atoms with E-state index in [9.17, 15) is 9.59 Å². The van der Waals surface area contributed by atoms with Gasteiger partial charge in [-0.15, -0.1) is 17.9 Å². The lowest BCUT2D eigenvalue weighted by Crippen LogP contribution is -2.20. The summed E-state index contributed by atoms with van der Waals surface area (Å²) >= 11 is 1.29. The molecule has 29 heavy (non-hydrogen) atoms. The zero-order chi connectivity index (χ0) is 20.8. The van der Waals surface area contributed by atoms with Gasteiger partial charge < -0.3 is 10.1 Å². The molecule has 0 saturated heterocycles. The number of nitrogens with one attached hydrogen (secondary N) is 1. The summed E-state index contributed by atoms with van der Waals surface area (Å²) < 4.78 is 5.63. The first-order valence-electron chi connectivity index (χ1n) is 9.16. The minimum atomic E-state index is -1.04. The van der Waals surface area contributed by atoms with Crippen molar-refractivity contribution >= 4 is 28.2 Å². The third-order valence-corrected chi connectivity index (χ3v) is 5.09. The van der Waals surface area contributed by atoms with E-state index in [0.717, 1.165) is 11.1 Å². The number of hydrogen-bond donors (Lipinski definition) is 1. The Labute approximate surface area is 174 Å². The number of anilines is 1. The Balaban J connectivity index is 1.86. The first kappa shape index (κ1) is 20.5. The Morgan fingerprint density at radius 2 is 1.72 bits per heavy atom. The van der Waals surface area contributed by atoms with Crippen LogP contribution in [-0.4, -0.2) is 23.3 Å². The van der Waals surface area contributed by atoms with Crippen molar-refractivity contribution in [1.29, 1.82) is 0 Å². The molecule has 2 aromatic carbocycles. The molecule has 0 fully saturated rings. The Bertz CT molecular complexity index is 1010. The van der Waals surface area contributed by atoms with Crippen molar-refractivity contribution in [3.05, 3.63) is 94.5 Å². The van der Waals surface area contributed by atoms with Gasteiger partial charge in [-0.05, 0) is 13.8 Å². The normalized spacial score (nSPS) is 11.5. The summed E-state index contributed by atoms with van der Waals surface area (Å²) in [7, 11) is 0. The number of thiazole rings is 1. The zero-order valence-corrected chi connectivity index (χ0v) is 17.2. The molecular weight excluding hydrogens is 384 g/mol. The molecule has 0 saturated carbocycles. The number of ether oxygens (including phenoxy) is 1. The van der Waals surface area contributed by atoms with E-state index >= 15 is 0 Å². The van der Waals surface area contributed by atoms with Crippen LogP contribution in [0.1, 0.15) is 43.6 Å². The molecule has 1 aromatic heterocycles. The highest BCUT2D eigenvalue weighted by molar-refractivity contribution is 7.13. The predicted molar refractivity (Wildman–Crippen MR) is 116 cm³/mol. The predicted octanol–water partition coefficient (Wildman–Crippen LogP) is 5.14. The highest BCUT2D eigenvalue weighted by Gasteiger charge is 2.27. The van der Waals surface area contributed by atoms with Crippen LogP contribution in [0.4, 0.5) is 5.13 Å². The molecular formula is C23H22N2O3S. The first-order valence-corrected chi connectivity index (χ1v) is 10.0. The van der Waals surface area contributed by atoms with Crippen molar-refractivity contribution in [1.82, 2.24) is 4.98 Å². The smallest absolute Gasteiger partial charge is 0.358 e. The summed E-state index contributed by atoms with van der Waals surface area (Å²) in [5, 5.41) is 5.23. The minimum Gasteiger partial charge on any atom is -0.444 e. The number of hydrogen-bond acceptors (Lipinski definition) is 6. The largest absolute Gasteiger partial charge is 0.444 e. The topological polar surface area (TPSA) is 68.3 Å². The van der Waals surface area contributed by atoms with Crippen molar-refractivity contribution in [3.63, 3.8) is 0 Å². The summed E-state index contributed by atoms with van der Waals surface area (Å²) in [6.07, 6.45) is 0.657. The van der Waals surface area contributed by atoms with E-state index in [1.54, 1.807) is 35.7 Å². The van der Waals surface area contributed by atoms with Crippen LogP contribution in [0.25, 0.3) is 0 Å². The zero-order valence-electron chi connectivity index (χ0n) is 16.3. The van der Waals surface area contributed by atoms with E-state index in [1.165, 1.54) is 11.3 Å². The number of esters is 1. The standard InChI is InChI=1S/C23H22N2O3S/c1-4-13-24-23-25-19(14-29-23)22(27)28-21(18-11-7-16(3)8-12-18)20(26)17-9-5-15(2)6-10-17/h4-12,14,21H,1,13H2,2-3H3,(H,24,25)/t21-/m0/s1. The van der Waals surface area contributed by atoms with Gasteiger partial charge in [0.1, 0.15) is 0 Å². The van der Waals surface area contributed by atoms with E-state index in [1.807, 2.05) is 38.1 Å². The van der Waals surface area contributed by atoms with Crippen LogP contribution in [0.5, 0.6) is 0 Å². The fourth-order valence-corrected chi connectivity index (χ4v) is 3.35. The summed E-state index contributed by atoms with van der Waals surface area (Å²) in [5.41, 5.74) is 3.37. The van der Waals surface area contributed by atoms with Gasteiger partial charge in [0.25, 0.3) is 0 Å². The molecule has 0 spiro atoms. The maximum Gasteiger partial charge on any atom is 0.358 e. The Morgan fingerprint density at radius 3 is 2.34 bits per heavy atom. The highest BCUT2D eigenvalue weighted by Crippen LogP contribution is 2.26. The SMILES string of the molecule is C=CCNc1nc(C(=O)O[C@H](C(=O)c2ccc(C)cc2)c2ccc(C)cc2)cs1. The molecule has 0 bridgehead atoms. The average Bonchev–Trinajstić information content (AvgIpc) is 3.20. The number of rotatable bonds is 8.